The minimum atomic E-state index is -3.17. The van der Waals surface area contributed by atoms with E-state index in [1.165, 1.54) is 4.90 Å². The Labute approximate surface area is 213 Å². The van der Waals surface area contributed by atoms with E-state index in [9.17, 15) is 27.6 Å². The van der Waals surface area contributed by atoms with Crippen LogP contribution < -0.4 is 16.0 Å². The molecule has 37 heavy (non-hydrogen) atoms. The van der Waals surface area contributed by atoms with Gasteiger partial charge in [-0.25, -0.2) is 18.0 Å². The first-order chi connectivity index (χ1) is 17.3. The van der Waals surface area contributed by atoms with Crippen LogP contribution in [0.2, 0.25) is 0 Å². The molecule has 3 rings (SSSR count). The van der Waals surface area contributed by atoms with Crippen LogP contribution in [-0.2, 0) is 20.7 Å². The molecule has 8 nitrogen and oxygen atoms in total. The summed E-state index contributed by atoms with van der Waals surface area (Å²) < 4.78 is 44.0. The fourth-order valence-electron chi connectivity index (χ4n) is 3.75. The molecule has 0 aliphatic carbocycles. The normalized spacial score (nSPS) is 16.4. The Morgan fingerprint density at radius 3 is 2.19 bits per heavy atom. The monoisotopic (exact) mass is 520 g/mol. The highest BCUT2D eigenvalue weighted by Crippen LogP contribution is 2.22. The zero-order chi connectivity index (χ0) is 27.3. The van der Waals surface area contributed by atoms with Crippen molar-refractivity contribution in [1.82, 2.24) is 4.90 Å². The first kappa shape index (κ1) is 28.1. The second kappa shape index (κ2) is 11.7. The van der Waals surface area contributed by atoms with Crippen LogP contribution in [-0.4, -0.2) is 66.7 Å². The molecule has 0 spiro atoms. The first-order valence-electron chi connectivity index (χ1n) is 11.8. The van der Waals surface area contributed by atoms with Crippen LogP contribution in [0.1, 0.15) is 36.7 Å². The number of nitrogens with one attached hydrogen (secondary N) is 1. The molecule has 2 unspecified atom stereocenters. The maximum absolute atomic E-state index is 13.5. The minimum Gasteiger partial charge on any atom is -0.456 e. The number of ether oxygens (including phenoxy) is 1. The average molecular weight is 521 g/mol. The Balaban J connectivity index is 1.53. The van der Waals surface area contributed by atoms with Gasteiger partial charge < -0.3 is 20.7 Å². The van der Waals surface area contributed by atoms with Crippen molar-refractivity contribution in [2.24, 2.45) is 5.73 Å². The molecule has 1 saturated heterocycles. The van der Waals surface area contributed by atoms with Gasteiger partial charge in [-0.1, -0.05) is 12.1 Å². The number of halogens is 3. The molecule has 0 saturated carbocycles. The van der Waals surface area contributed by atoms with E-state index in [4.69, 9.17) is 10.5 Å². The molecule has 0 bridgehead atoms. The van der Waals surface area contributed by atoms with Crippen LogP contribution in [0, 0.1) is 0 Å². The molecule has 0 radical (unpaired) electrons. The van der Waals surface area contributed by atoms with E-state index < -0.39 is 48.7 Å². The molecule has 11 heteroatoms. The lowest BCUT2D eigenvalue weighted by Gasteiger charge is -2.35. The number of nitrogens with zero attached hydrogens (tertiary/aromatic N) is 2. The Bertz CT molecular complexity index is 1100. The van der Waals surface area contributed by atoms with E-state index in [2.05, 4.69) is 5.32 Å². The summed E-state index contributed by atoms with van der Waals surface area (Å²) in [6.45, 7) is 4.96. The molecule has 1 aliphatic rings. The van der Waals surface area contributed by atoms with Crippen molar-refractivity contribution in [3.8, 4) is 0 Å². The summed E-state index contributed by atoms with van der Waals surface area (Å²) in [5.41, 5.74) is 7.57. The zero-order valence-corrected chi connectivity index (χ0v) is 20.9. The summed E-state index contributed by atoms with van der Waals surface area (Å²) in [4.78, 5) is 39.2. The van der Waals surface area contributed by atoms with Crippen molar-refractivity contribution in [3.05, 3.63) is 59.7 Å². The molecule has 1 fully saturated rings. The van der Waals surface area contributed by atoms with Crippen molar-refractivity contribution in [2.45, 2.75) is 51.6 Å². The van der Waals surface area contributed by atoms with E-state index in [1.807, 2.05) is 0 Å². The highest BCUT2D eigenvalue weighted by Gasteiger charge is 2.34. The molecule has 2 aromatic rings. The number of esters is 1. The lowest BCUT2D eigenvalue weighted by atomic mass is 10.0. The second-order valence-corrected chi connectivity index (χ2v) is 9.77. The molecular formula is C26H31F3N4O4. The molecule has 3 N–H and O–H groups in total. The number of nitrogens with two attached hydrogens (primary N) is 1. The van der Waals surface area contributed by atoms with Gasteiger partial charge in [-0.05, 0) is 69.2 Å². The molecule has 1 heterocycles. The number of hydrogen-bond donors (Lipinski definition) is 2. The number of carbonyl (C=O) groups excluding carboxylic acids is 3. The Kier molecular flexibility index (Phi) is 8.93. The molecule has 0 aromatic heterocycles. The van der Waals surface area contributed by atoms with Crippen molar-refractivity contribution in [3.63, 3.8) is 0 Å². The summed E-state index contributed by atoms with van der Waals surface area (Å²) in [5, 5.41) is 2.71. The third kappa shape index (κ3) is 7.77. The second-order valence-electron chi connectivity index (χ2n) is 9.77. The standard InChI is InChI=1S/C26H31F3N4O4/c1-26(2,3)37-25(36)17-6-8-18(9-7-17)31-24(35)20(30)14-16-4-10-19(11-5-16)33-13-12-32(15-21(33)34)23(29)22(27)28/h4-11,20,22-23H,12-15,30H2,1-3H3,(H,31,35). The third-order valence-electron chi connectivity index (χ3n) is 5.63. The summed E-state index contributed by atoms with van der Waals surface area (Å²) in [6, 6.07) is 12.2. The van der Waals surface area contributed by atoms with Crippen molar-refractivity contribution in [1.29, 1.82) is 0 Å². The topological polar surface area (TPSA) is 105 Å². The van der Waals surface area contributed by atoms with Gasteiger partial charge in [-0.3, -0.25) is 14.5 Å². The number of amides is 2. The largest absolute Gasteiger partial charge is 0.456 e. The van der Waals surface area contributed by atoms with E-state index >= 15 is 0 Å². The van der Waals surface area contributed by atoms with Gasteiger partial charge in [0.05, 0.1) is 18.2 Å². The van der Waals surface area contributed by atoms with E-state index in [0.29, 0.717) is 16.9 Å². The molecule has 1 aliphatic heterocycles. The number of benzene rings is 2. The summed E-state index contributed by atoms with van der Waals surface area (Å²) in [6.07, 6.45) is -5.41. The molecule has 2 amide bonds. The number of rotatable bonds is 8. The fourth-order valence-corrected chi connectivity index (χ4v) is 3.75. The van der Waals surface area contributed by atoms with Gasteiger partial charge in [0.15, 0.2) is 0 Å². The molecule has 200 valence electrons. The zero-order valence-electron chi connectivity index (χ0n) is 20.9. The smallest absolute Gasteiger partial charge is 0.338 e. The quantitative estimate of drug-likeness (QED) is 0.409. The first-order valence-corrected chi connectivity index (χ1v) is 11.8. The van der Waals surface area contributed by atoms with Gasteiger partial charge in [0, 0.05) is 24.5 Å². The van der Waals surface area contributed by atoms with E-state index in [1.54, 1.807) is 69.3 Å². The van der Waals surface area contributed by atoms with E-state index in [0.717, 1.165) is 10.5 Å². The predicted octanol–water partition coefficient (Wildman–Crippen LogP) is 3.36. The average Bonchev–Trinajstić information content (AvgIpc) is 2.83. The number of carbonyl (C=O) groups is 3. The van der Waals surface area contributed by atoms with Gasteiger partial charge in [0.1, 0.15) is 5.60 Å². The molecule has 2 aromatic carbocycles. The van der Waals surface area contributed by atoms with Crippen LogP contribution in [0.5, 0.6) is 0 Å². The summed E-state index contributed by atoms with van der Waals surface area (Å²) in [5.74, 6) is -1.36. The van der Waals surface area contributed by atoms with Crippen LogP contribution in [0.25, 0.3) is 0 Å². The molecular weight excluding hydrogens is 489 g/mol. The Hall–Kier alpha value is -3.44. The Morgan fingerprint density at radius 1 is 1.03 bits per heavy atom. The highest BCUT2D eigenvalue weighted by atomic mass is 19.3. The number of piperazine rings is 1. The number of anilines is 2. The third-order valence-corrected chi connectivity index (χ3v) is 5.63. The van der Waals surface area contributed by atoms with Gasteiger partial charge in [-0.15, -0.1) is 0 Å². The molecule has 2 atom stereocenters. The number of alkyl halides is 3. The lowest BCUT2D eigenvalue weighted by Crippen LogP contribution is -2.54. The SMILES string of the molecule is CC(C)(C)OC(=O)c1ccc(NC(=O)C(N)Cc2ccc(N3CCN(C(F)C(F)F)CC3=O)cc2)cc1. The van der Waals surface area contributed by atoms with Gasteiger partial charge in [-0.2, -0.15) is 0 Å². The van der Waals surface area contributed by atoms with Crippen molar-refractivity contribution < 1.29 is 32.3 Å². The van der Waals surface area contributed by atoms with Crippen LogP contribution in [0.4, 0.5) is 24.5 Å². The van der Waals surface area contributed by atoms with Crippen LogP contribution in [0.3, 0.4) is 0 Å². The summed E-state index contributed by atoms with van der Waals surface area (Å²) in [7, 11) is 0. The maximum Gasteiger partial charge on any atom is 0.338 e. The van der Waals surface area contributed by atoms with Gasteiger partial charge >= 0.3 is 5.97 Å². The lowest BCUT2D eigenvalue weighted by molar-refractivity contribution is -0.126. The number of hydrogen-bond acceptors (Lipinski definition) is 6. The van der Waals surface area contributed by atoms with Gasteiger partial charge in [0.25, 0.3) is 6.43 Å². The fraction of sp³-hybridized carbons (Fsp3) is 0.423. The van der Waals surface area contributed by atoms with Crippen LogP contribution >= 0.6 is 0 Å². The van der Waals surface area contributed by atoms with E-state index in [-0.39, 0.29) is 19.5 Å². The minimum absolute atomic E-state index is 0.0111. The van der Waals surface area contributed by atoms with Gasteiger partial charge in [0.2, 0.25) is 18.1 Å². The summed E-state index contributed by atoms with van der Waals surface area (Å²) >= 11 is 0. The predicted molar refractivity (Wildman–Crippen MR) is 133 cm³/mol. The van der Waals surface area contributed by atoms with Crippen molar-refractivity contribution >= 4 is 29.2 Å². The van der Waals surface area contributed by atoms with Crippen molar-refractivity contribution in [2.75, 3.05) is 29.9 Å². The van der Waals surface area contributed by atoms with Crippen LogP contribution in [0.15, 0.2) is 48.5 Å². The highest BCUT2D eigenvalue weighted by molar-refractivity contribution is 5.96. The maximum atomic E-state index is 13.5. The Morgan fingerprint density at radius 2 is 1.65 bits per heavy atom.